The summed E-state index contributed by atoms with van der Waals surface area (Å²) in [5.74, 6) is 3.38. The highest BCUT2D eigenvalue weighted by Gasteiger charge is 2.57. The molecule has 4 heteroatoms. The standard InChI is InChI=1S/C27H31NO3/c1-17-9-11-20(12-10-17)31-27(2,3)26(29)28-25-21-13-19-14-22(25)24(21)23(15-19)30-16-18-7-5-4-6-8-18/h4-12,19,21-22,25H,13-16H2,1-3H3,(H,28,29)/t19?,21-,22+,25?. The van der Waals surface area contributed by atoms with E-state index in [1.54, 1.807) is 0 Å². The van der Waals surface area contributed by atoms with Crippen LogP contribution in [0.1, 0.15) is 44.2 Å². The van der Waals surface area contributed by atoms with Crippen LogP contribution in [-0.4, -0.2) is 17.6 Å². The van der Waals surface area contributed by atoms with Crippen LogP contribution in [0.4, 0.5) is 0 Å². The Bertz CT molecular complexity index is 977. The van der Waals surface area contributed by atoms with Crippen LogP contribution < -0.4 is 10.1 Å². The lowest BCUT2D eigenvalue weighted by Crippen LogP contribution is -2.64. The summed E-state index contributed by atoms with van der Waals surface area (Å²) in [6.07, 6.45) is 3.38. The molecule has 2 unspecified atom stereocenters. The lowest BCUT2D eigenvalue weighted by molar-refractivity contribution is -0.137. The van der Waals surface area contributed by atoms with E-state index in [0.29, 0.717) is 24.4 Å². The van der Waals surface area contributed by atoms with E-state index in [4.69, 9.17) is 9.47 Å². The van der Waals surface area contributed by atoms with Crippen LogP contribution >= 0.6 is 0 Å². The van der Waals surface area contributed by atoms with Gasteiger partial charge in [-0.05, 0) is 62.8 Å². The molecule has 162 valence electrons. The highest BCUT2D eigenvalue weighted by molar-refractivity contribution is 5.85. The van der Waals surface area contributed by atoms with Crippen LogP contribution in [0, 0.1) is 24.7 Å². The Balaban J connectivity index is 1.23. The second-order valence-electron chi connectivity index (χ2n) is 9.83. The van der Waals surface area contributed by atoms with Gasteiger partial charge in [0.25, 0.3) is 5.91 Å². The normalized spacial score (nSPS) is 26.3. The number of allylic oxidation sites excluding steroid dienone is 1. The summed E-state index contributed by atoms with van der Waals surface area (Å²) in [5, 5.41) is 3.32. The van der Waals surface area contributed by atoms with E-state index in [-0.39, 0.29) is 11.9 Å². The maximum Gasteiger partial charge on any atom is 0.263 e. The first kappa shape index (κ1) is 20.2. The maximum absolute atomic E-state index is 13.1. The van der Waals surface area contributed by atoms with E-state index in [1.165, 1.54) is 22.5 Å². The number of rotatable bonds is 7. The smallest absolute Gasteiger partial charge is 0.263 e. The largest absolute Gasteiger partial charge is 0.493 e. The van der Waals surface area contributed by atoms with Crippen LogP contribution in [0.2, 0.25) is 0 Å². The van der Waals surface area contributed by atoms with Gasteiger partial charge in [-0.25, -0.2) is 0 Å². The average molecular weight is 418 g/mol. The van der Waals surface area contributed by atoms with Gasteiger partial charge in [-0.1, -0.05) is 48.0 Å². The molecule has 1 amide bonds. The zero-order chi connectivity index (χ0) is 21.6. The van der Waals surface area contributed by atoms with Crippen molar-refractivity contribution in [3.05, 3.63) is 77.1 Å². The molecule has 5 aliphatic rings. The van der Waals surface area contributed by atoms with Crippen molar-refractivity contribution in [3.8, 4) is 5.75 Å². The molecule has 4 nitrogen and oxygen atoms in total. The summed E-state index contributed by atoms with van der Waals surface area (Å²) in [7, 11) is 0. The van der Waals surface area contributed by atoms with Crippen molar-refractivity contribution < 1.29 is 14.3 Å². The summed E-state index contributed by atoms with van der Waals surface area (Å²) in [6, 6.07) is 18.4. The molecule has 0 radical (unpaired) electrons. The Morgan fingerprint density at radius 2 is 1.71 bits per heavy atom. The lowest BCUT2D eigenvalue weighted by atomic mass is 9.50. The van der Waals surface area contributed by atoms with Crippen molar-refractivity contribution in [1.82, 2.24) is 5.32 Å². The van der Waals surface area contributed by atoms with Gasteiger partial charge in [-0.15, -0.1) is 0 Å². The van der Waals surface area contributed by atoms with Gasteiger partial charge < -0.3 is 14.8 Å². The summed E-state index contributed by atoms with van der Waals surface area (Å²) in [4.78, 5) is 13.1. The Morgan fingerprint density at radius 3 is 2.39 bits per heavy atom. The van der Waals surface area contributed by atoms with Crippen LogP contribution in [0.3, 0.4) is 0 Å². The molecule has 0 saturated heterocycles. The fourth-order valence-electron chi connectivity index (χ4n) is 5.51. The monoisotopic (exact) mass is 417 g/mol. The second kappa shape index (κ2) is 7.74. The van der Waals surface area contributed by atoms with Gasteiger partial charge in [-0.3, -0.25) is 4.79 Å². The minimum Gasteiger partial charge on any atom is -0.493 e. The van der Waals surface area contributed by atoms with Gasteiger partial charge in [0.15, 0.2) is 5.60 Å². The van der Waals surface area contributed by atoms with Gasteiger partial charge in [0, 0.05) is 24.3 Å². The molecule has 3 saturated carbocycles. The first-order valence-electron chi connectivity index (χ1n) is 11.4. The number of benzene rings is 2. The maximum atomic E-state index is 13.1. The molecule has 0 aromatic heterocycles. The Kier molecular flexibility index (Phi) is 5.04. The molecular formula is C27H31NO3. The zero-order valence-corrected chi connectivity index (χ0v) is 18.6. The minimum atomic E-state index is -0.917. The first-order chi connectivity index (χ1) is 14.9. The molecule has 2 aromatic rings. The highest BCUT2D eigenvalue weighted by Crippen LogP contribution is 2.59. The molecule has 1 N–H and O–H groups in total. The topological polar surface area (TPSA) is 47.6 Å². The van der Waals surface area contributed by atoms with E-state index < -0.39 is 5.60 Å². The average Bonchev–Trinajstić information content (AvgIpc) is 2.78. The molecule has 3 fully saturated rings. The molecular weight excluding hydrogens is 386 g/mol. The van der Waals surface area contributed by atoms with Crippen molar-refractivity contribution in [2.75, 3.05) is 0 Å². The Hall–Kier alpha value is -2.75. The summed E-state index contributed by atoms with van der Waals surface area (Å²) >= 11 is 0. The van der Waals surface area contributed by atoms with Crippen molar-refractivity contribution in [2.24, 2.45) is 17.8 Å². The highest BCUT2D eigenvalue weighted by atomic mass is 16.5. The quantitative estimate of drug-likeness (QED) is 0.676. The molecule has 7 rings (SSSR count). The van der Waals surface area contributed by atoms with Gasteiger partial charge in [0.2, 0.25) is 0 Å². The van der Waals surface area contributed by atoms with E-state index in [2.05, 4.69) is 17.4 Å². The third kappa shape index (κ3) is 3.84. The second-order valence-corrected chi connectivity index (χ2v) is 9.83. The molecule has 0 heterocycles. The van der Waals surface area contributed by atoms with E-state index >= 15 is 0 Å². The zero-order valence-electron chi connectivity index (χ0n) is 18.6. The van der Waals surface area contributed by atoms with Crippen molar-refractivity contribution in [3.63, 3.8) is 0 Å². The minimum absolute atomic E-state index is 0.0436. The Labute approximate surface area is 184 Å². The predicted molar refractivity (Wildman–Crippen MR) is 120 cm³/mol. The van der Waals surface area contributed by atoms with Gasteiger partial charge in [0.05, 0.1) is 5.76 Å². The van der Waals surface area contributed by atoms with Crippen LogP contribution in [-0.2, 0) is 16.1 Å². The summed E-state index contributed by atoms with van der Waals surface area (Å²) in [5.41, 5.74) is 2.91. The summed E-state index contributed by atoms with van der Waals surface area (Å²) in [6.45, 7) is 6.35. The van der Waals surface area contributed by atoms with Crippen molar-refractivity contribution in [1.29, 1.82) is 0 Å². The van der Waals surface area contributed by atoms with Crippen molar-refractivity contribution >= 4 is 5.91 Å². The van der Waals surface area contributed by atoms with E-state index in [9.17, 15) is 4.79 Å². The molecule has 0 aliphatic heterocycles. The SMILES string of the molecule is Cc1ccc(OC(C)(C)C(=O)NC2[C@@H]3CC4CC(OCc5ccccc5)=C3[C@@H]2C4)cc1. The van der Waals surface area contributed by atoms with E-state index in [0.717, 1.165) is 25.0 Å². The fraction of sp³-hybridized carbons (Fsp3) is 0.444. The third-order valence-electron chi connectivity index (χ3n) is 7.13. The molecule has 4 bridgehead atoms. The number of aryl methyl sites for hydroxylation is 1. The summed E-state index contributed by atoms with van der Waals surface area (Å²) < 4.78 is 12.3. The lowest BCUT2D eigenvalue weighted by Gasteiger charge is -2.58. The molecule has 31 heavy (non-hydrogen) atoms. The molecule has 0 spiro atoms. The van der Waals surface area contributed by atoms with Crippen LogP contribution in [0.15, 0.2) is 65.9 Å². The van der Waals surface area contributed by atoms with Crippen LogP contribution in [0.25, 0.3) is 0 Å². The van der Waals surface area contributed by atoms with Gasteiger partial charge >= 0.3 is 0 Å². The molecule has 2 aromatic carbocycles. The van der Waals surface area contributed by atoms with Crippen LogP contribution in [0.5, 0.6) is 5.75 Å². The Morgan fingerprint density at radius 1 is 1.03 bits per heavy atom. The number of carbonyl (C=O) groups excluding carboxylic acids is 1. The number of amides is 1. The van der Waals surface area contributed by atoms with Gasteiger partial charge in [0.1, 0.15) is 12.4 Å². The number of hydrogen-bond acceptors (Lipinski definition) is 3. The number of fused-ring (bicyclic) bond motifs is 1. The van der Waals surface area contributed by atoms with Crippen molar-refractivity contribution in [2.45, 2.75) is 58.3 Å². The molecule has 4 atom stereocenters. The third-order valence-corrected chi connectivity index (χ3v) is 7.13. The van der Waals surface area contributed by atoms with E-state index in [1.807, 2.05) is 63.2 Å². The fourth-order valence-corrected chi connectivity index (χ4v) is 5.51. The number of carbonyl (C=O) groups is 1. The number of hydrogen-bond donors (Lipinski definition) is 1. The number of nitrogens with one attached hydrogen (secondary N) is 1. The molecule has 5 aliphatic carbocycles. The number of ether oxygens (including phenoxy) is 2. The van der Waals surface area contributed by atoms with Gasteiger partial charge in [-0.2, -0.15) is 0 Å². The first-order valence-corrected chi connectivity index (χ1v) is 11.4. The predicted octanol–water partition coefficient (Wildman–Crippen LogP) is 5.17.